The predicted molar refractivity (Wildman–Crippen MR) is 137 cm³/mol. The third-order valence-corrected chi connectivity index (χ3v) is 8.91. The van der Waals surface area contributed by atoms with Gasteiger partial charge in [0.05, 0.1) is 16.5 Å². The summed E-state index contributed by atoms with van der Waals surface area (Å²) < 4.78 is 32.6. The number of aliphatic hydroxyl groups excluding tert-OH is 1. The zero-order chi connectivity index (χ0) is 25.3. The monoisotopic (exact) mass is 548 g/mol. The van der Waals surface area contributed by atoms with E-state index in [-0.39, 0.29) is 11.8 Å². The number of ketones is 1. The molecule has 0 spiro atoms. The molecule has 0 unspecified atom stereocenters. The highest BCUT2D eigenvalue weighted by atomic mass is 32.2. The number of rotatable bonds is 9. The molecular formula is C23H26N5O5S3. The predicted octanol–water partition coefficient (Wildman–Crippen LogP) is 2.49. The maximum atomic E-state index is 13.3. The quantitative estimate of drug-likeness (QED) is 0.234. The van der Waals surface area contributed by atoms with Crippen molar-refractivity contribution < 1.29 is 22.9 Å². The minimum atomic E-state index is -4.38. The molecule has 191 valence electrons. The molecule has 0 bridgehead atoms. The maximum Gasteiger partial charge on any atom is 0.333 e. The lowest BCUT2D eigenvalue weighted by atomic mass is 10.1. The molecule has 13 heteroatoms. The highest BCUT2D eigenvalue weighted by molar-refractivity contribution is 7.83. The second-order valence-corrected chi connectivity index (χ2v) is 12.2. The second-order valence-electron chi connectivity index (χ2n) is 9.07. The van der Waals surface area contributed by atoms with Gasteiger partial charge in [0.1, 0.15) is 12.1 Å². The van der Waals surface area contributed by atoms with Gasteiger partial charge in [-0.15, -0.1) is 22.7 Å². The number of thiophene rings is 2. The second kappa shape index (κ2) is 10.6. The van der Waals surface area contributed by atoms with Gasteiger partial charge in [-0.25, -0.2) is 9.97 Å². The topological polar surface area (TPSA) is 145 Å². The van der Waals surface area contributed by atoms with E-state index in [4.69, 9.17) is 4.55 Å². The van der Waals surface area contributed by atoms with Crippen LogP contribution in [0.2, 0.25) is 0 Å². The number of hydrogen-bond donors (Lipinski definition) is 4. The molecular weight excluding hydrogens is 522 g/mol. The van der Waals surface area contributed by atoms with Crippen molar-refractivity contribution in [1.82, 2.24) is 19.6 Å². The molecule has 3 aromatic rings. The minimum Gasteiger partial charge on any atom is -0.393 e. The van der Waals surface area contributed by atoms with E-state index in [0.29, 0.717) is 29.1 Å². The average Bonchev–Trinajstić information content (AvgIpc) is 3.57. The lowest BCUT2D eigenvalue weighted by molar-refractivity contribution is 0.104. The van der Waals surface area contributed by atoms with E-state index in [0.717, 1.165) is 31.6 Å². The number of carbonyl (C=O) groups is 1. The normalized spacial score (nSPS) is 22.4. The fourth-order valence-electron chi connectivity index (χ4n) is 4.73. The van der Waals surface area contributed by atoms with Crippen LogP contribution in [-0.2, 0) is 29.8 Å². The smallest absolute Gasteiger partial charge is 0.333 e. The summed E-state index contributed by atoms with van der Waals surface area (Å²) in [7, 11) is -4.38. The summed E-state index contributed by atoms with van der Waals surface area (Å²) in [6.07, 6.45) is 3.80. The van der Waals surface area contributed by atoms with Crippen molar-refractivity contribution in [1.29, 1.82) is 0 Å². The Morgan fingerprint density at radius 3 is 3.00 bits per heavy atom. The molecule has 0 saturated heterocycles. The van der Waals surface area contributed by atoms with Crippen LogP contribution in [0.4, 0.5) is 5.82 Å². The van der Waals surface area contributed by atoms with Gasteiger partial charge in [-0.1, -0.05) is 0 Å². The number of nitrogens with one attached hydrogen (secondary N) is 2. The van der Waals surface area contributed by atoms with Crippen molar-refractivity contribution >= 4 is 44.6 Å². The molecule has 1 aliphatic carbocycles. The van der Waals surface area contributed by atoms with Crippen LogP contribution in [0.3, 0.4) is 0 Å². The molecule has 5 rings (SSSR count). The lowest BCUT2D eigenvalue weighted by Crippen LogP contribution is -2.28. The van der Waals surface area contributed by atoms with Gasteiger partial charge in [-0.3, -0.25) is 14.2 Å². The van der Waals surface area contributed by atoms with E-state index in [2.05, 4.69) is 31.6 Å². The van der Waals surface area contributed by atoms with Crippen molar-refractivity contribution in [3.8, 4) is 0 Å². The van der Waals surface area contributed by atoms with Crippen molar-refractivity contribution in [2.24, 2.45) is 5.92 Å². The Labute approximate surface area is 217 Å². The van der Waals surface area contributed by atoms with Crippen molar-refractivity contribution in [2.75, 3.05) is 11.9 Å². The number of aliphatic hydroxyl groups is 1. The standard InChI is InChI=1S/C23H26N5O5S3/c29-19-7-17(6-16(19)8-26-36(31,32)33)27-23-18(9-24-13-25-23)22(30)21-5-14(12-35-21)10-28-3-1-20-15(11-28)2-4-34-20/h2,4-5,8-9,12-13,16-17,19,26,29H,1,3,6-7,10-11H2,(H,24,25,27)(H,31,32,33)/t16-,17-,19+/m1/s1. The Hall–Kier alpha value is -2.26. The Morgan fingerprint density at radius 2 is 2.17 bits per heavy atom. The van der Waals surface area contributed by atoms with Gasteiger partial charge in [0.25, 0.3) is 0 Å². The Morgan fingerprint density at radius 1 is 1.31 bits per heavy atom. The minimum absolute atomic E-state index is 0.178. The van der Waals surface area contributed by atoms with Crippen LogP contribution in [0.15, 0.2) is 35.4 Å². The van der Waals surface area contributed by atoms with Crippen LogP contribution in [-0.4, -0.2) is 57.4 Å². The number of aromatic nitrogens is 2. The summed E-state index contributed by atoms with van der Waals surface area (Å²) in [5, 5.41) is 17.6. The molecule has 1 aliphatic heterocycles. The molecule has 10 nitrogen and oxygen atoms in total. The molecule has 0 amide bonds. The van der Waals surface area contributed by atoms with Gasteiger partial charge in [-0.05, 0) is 53.3 Å². The van der Waals surface area contributed by atoms with Gasteiger partial charge in [0.2, 0.25) is 5.78 Å². The van der Waals surface area contributed by atoms with E-state index >= 15 is 0 Å². The Bertz CT molecular complexity index is 1340. The van der Waals surface area contributed by atoms with E-state index < -0.39 is 22.3 Å². The summed E-state index contributed by atoms with van der Waals surface area (Å²) in [4.78, 5) is 26.1. The Kier molecular flexibility index (Phi) is 7.49. The van der Waals surface area contributed by atoms with Crippen LogP contribution < -0.4 is 10.0 Å². The summed E-state index contributed by atoms with van der Waals surface area (Å²) >= 11 is 3.21. The molecule has 1 radical (unpaired) electrons. The number of nitrogens with zero attached hydrogens (tertiary/aromatic N) is 3. The molecule has 4 N–H and O–H groups in total. The van der Waals surface area contributed by atoms with Crippen LogP contribution >= 0.6 is 22.7 Å². The summed E-state index contributed by atoms with van der Waals surface area (Å²) in [5.74, 6) is -0.306. The molecule has 3 atom stereocenters. The largest absolute Gasteiger partial charge is 0.393 e. The first kappa shape index (κ1) is 25.4. The highest BCUT2D eigenvalue weighted by Gasteiger charge is 2.34. The van der Waals surface area contributed by atoms with E-state index in [1.165, 1.54) is 40.8 Å². The zero-order valence-electron chi connectivity index (χ0n) is 19.2. The summed E-state index contributed by atoms with van der Waals surface area (Å²) in [6, 6.07) is 3.87. The summed E-state index contributed by atoms with van der Waals surface area (Å²) in [5.41, 5.74) is 2.82. The molecule has 0 aromatic carbocycles. The van der Waals surface area contributed by atoms with Crippen LogP contribution in [0, 0.1) is 12.5 Å². The fourth-order valence-corrected chi connectivity index (χ4v) is 6.83. The molecule has 4 heterocycles. The van der Waals surface area contributed by atoms with Crippen LogP contribution in [0.5, 0.6) is 0 Å². The van der Waals surface area contributed by atoms with Gasteiger partial charge >= 0.3 is 10.3 Å². The lowest BCUT2D eigenvalue weighted by Gasteiger charge is -2.26. The van der Waals surface area contributed by atoms with Crippen LogP contribution in [0.25, 0.3) is 0 Å². The maximum absolute atomic E-state index is 13.3. The van der Waals surface area contributed by atoms with Crippen molar-refractivity contribution in [2.45, 2.75) is 44.5 Å². The average molecular weight is 549 g/mol. The Balaban J connectivity index is 1.23. The molecule has 1 saturated carbocycles. The van der Waals surface area contributed by atoms with E-state index in [9.17, 15) is 18.3 Å². The van der Waals surface area contributed by atoms with Gasteiger partial charge in [0, 0.05) is 49.2 Å². The molecule has 2 aliphatic rings. The summed E-state index contributed by atoms with van der Waals surface area (Å²) in [6.45, 7) is 3.87. The third kappa shape index (κ3) is 5.99. The van der Waals surface area contributed by atoms with E-state index in [1.54, 1.807) is 0 Å². The van der Waals surface area contributed by atoms with Crippen molar-refractivity contribution in [3.63, 3.8) is 0 Å². The first-order valence-corrected chi connectivity index (χ1v) is 14.7. The first-order chi connectivity index (χ1) is 17.2. The molecule has 3 aromatic heterocycles. The van der Waals surface area contributed by atoms with E-state index in [1.807, 2.05) is 27.5 Å². The van der Waals surface area contributed by atoms with Crippen LogP contribution in [0.1, 0.15) is 44.1 Å². The number of fused-ring (bicyclic) bond motifs is 1. The zero-order valence-corrected chi connectivity index (χ0v) is 21.7. The highest BCUT2D eigenvalue weighted by Crippen LogP contribution is 2.31. The number of carbonyl (C=O) groups excluding carboxylic acids is 1. The first-order valence-electron chi connectivity index (χ1n) is 11.5. The van der Waals surface area contributed by atoms with Crippen molar-refractivity contribution in [3.05, 3.63) is 68.4 Å². The van der Waals surface area contributed by atoms with Gasteiger partial charge < -0.3 is 10.4 Å². The third-order valence-electron chi connectivity index (χ3n) is 6.48. The van der Waals surface area contributed by atoms with Gasteiger partial charge in [-0.2, -0.15) is 13.1 Å². The fraction of sp³-hybridized carbons (Fsp3) is 0.391. The number of anilines is 1. The van der Waals surface area contributed by atoms with Gasteiger partial charge in [0.15, 0.2) is 0 Å². The molecule has 36 heavy (non-hydrogen) atoms. The molecule has 1 fully saturated rings. The SMILES string of the molecule is O=C(c1cc(CN2CCc3sccc3C2)cs1)c1cncnc1N[C@H]1C[C@H](O)[C@@H]([CH]NS(=O)(=O)O)C1. The number of hydrogen-bond acceptors (Lipinski definition) is 10.